The summed E-state index contributed by atoms with van der Waals surface area (Å²) in [5, 5.41) is 8.99. The van der Waals surface area contributed by atoms with Crippen LogP contribution in [0.4, 0.5) is 0 Å². The van der Waals surface area contributed by atoms with Gasteiger partial charge < -0.3 is 18.1 Å². The van der Waals surface area contributed by atoms with Gasteiger partial charge in [-0.2, -0.15) is 0 Å². The minimum Gasteiger partial charge on any atom is -0.497 e. The molecule has 0 saturated carbocycles. The lowest BCUT2D eigenvalue weighted by Gasteiger charge is -2.39. The van der Waals surface area contributed by atoms with Crippen molar-refractivity contribution in [3.8, 4) is 5.75 Å². The smallest absolute Gasteiger partial charge is 0.328 e. The summed E-state index contributed by atoms with van der Waals surface area (Å²) in [7, 11) is -4.17. The van der Waals surface area contributed by atoms with Crippen molar-refractivity contribution < 1.29 is 22.9 Å². The molecule has 0 bridgehead atoms. The van der Waals surface area contributed by atoms with Crippen molar-refractivity contribution in [1.29, 1.82) is 0 Å². The molecule has 1 aromatic rings. The van der Waals surface area contributed by atoms with Crippen LogP contribution in [-0.2, 0) is 19.4 Å². The van der Waals surface area contributed by atoms with Crippen molar-refractivity contribution in [3.63, 3.8) is 0 Å². The zero-order valence-corrected chi connectivity index (χ0v) is 22.5. The van der Waals surface area contributed by atoms with E-state index < -0.39 is 31.2 Å². The van der Waals surface area contributed by atoms with Crippen LogP contribution in [0.3, 0.4) is 0 Å². The summed E-state index contributed by atoms with van der Waals surface area (Å²) in [6.07, 6.45) is 3.64. The second-order valence-electron chi connectivity index (χ2n) is 9.81. The first-order valence-electron chi connectivity index (χ1n) is 10.1. The fourth-order valence-electron chi connectivity index (χ4n) is 3.69. The molecule has 164 valence electrons. The second kappa shape index (κ2) is 10.2. The average Bonchev–Trinajstić information content (AvgIpc) is 2.48. The summed E-state index contributed by atoms with van der Waals surface area (Å²) in [6.45, 7) is 17.7. The van der Waals surface area contributed by atoms with Crippen LogP contribution < -0.4 is 4.74 Å². The van der Waals surface area contributed by atoms with E-state index in [0.717, 1.165) is 29.3 Å². The number of benzene rings is 1. The lowest BCUT2D eigenvalue weighted by molar-refractivity contribution is -0.131. The van der Waals surface area contributed by atoms with E-state index in [-0.39, 0.29) is 0 Å². The van der Waals surface area contributed by atoms with Crippen molar-refractivity contribution in [3.05, 3.63) is 35.4 Å². The first kappa shape index (κ1) is 25.8. The number of carbonyl (C=O) groups is 1. The molecule has 5 nitrogen and oxygen atoms in total. The lowest BCUT2D eigenvalue weighted by Crippen LogP contribution is -2.53. The Kier molecular flexibility index (Phi) is 9.10. The molecule has 0 aliphatic carbocycles. The molecule has 0 aromatic heterocycles. The highest BCUT2D eigenvalue weighted by atomic mass is 28.5. The van der Waals surface area contributed by atoms with Gasteiger partial charge in [-0.15, -0.1) is 0 Å². The van der Waals surface area contributed by atoms with Gasteiger partial charge in [-0.25, -0.2) is 4.79 Å². The molecule has 0 heterocycles. The van der Waals surface area contributed by atoms with Crippen LogP contribution in [0.15, 0.2) is 24.3 Å². The molecule has 0 spiro atoms. The van der Waals surface area contributed by atoms with Crippen LogP contribution in [0, 0.1) is 5.92 Å². The summed E-state index contributed by atoms with van der Waals surface area (Å²) in [5.41, 5.74) is 1.98. The first-order valence-corrected chi connectivity index (χ1v) is 19.4. The van der Waals surface area contributed by atoms with Crippen molar-refractivity contribution in [1.82, 2.24) is 0 Å². The largest absolute Gasteiger partial charge is 0.497 e. The standard InChI is InChI=1S/C21H38O5Si3/c1-17(16-29(9,25-27(3,4)5)26-28(6,7)8)14-19-15-20(24-2)12-10-18(19)11-13-21(22)23/h10-13,15,17H,14,16H2,1-9H3,(H,22,23)/b13-11+. The Morgan fingerprint density at radius 1 is 1.07 bits per heavy atom. The summed E-state index contributed by atoms with van der Waals surface area (Å²) >= 11 is 0. The minimum absolute atomic E-state index is 0.337. The van der Waals surface area contributed by atoms with Gasteiger partial charge in [0.15, 0.2) is 16.6 Å². The predicted molar refractivity (Wildman–Crippen MR) is 128 cm³/mol. The molecule has 0 fully saturated rings. The Morgan fingerprint density at radius 3 is 2.07 bits per heavy atom. The van der Waals surface area contributed by atoms with Gasteiger partial charge in [-0.1, -0.05) is 13.0 Å². The quantitative estimate of drug-likeness (QED) is 0.341. The van der Waals surface area contributed by atoms with Gasteiger partial charge in [-0.3, -0.25) is 0 Å². The molecule has 0 amide bonds. The fraction of sp³-hybridized carbons (Fsp3) is 0.571. The zero-order chi connectivity index (χ0) is 22.5. The summed E-state index contributed by atoms with van der Waals surface area (Å²) in [4.78, 5) is 11.0. The molecular weight excluding hydrogens is 416 g/mol. The number of aliphatic carboxylic acids is 1. The average molecular weight is 455 g/mol. The topological polar surface area (TPSA) is 65.0 Å². The van der Waals surface area contributed by atoms with E-state index in [9.17, 15) is 4.79 Å². The second-order valence-corrected chi connectivity index (χ2v) is 22.6. The number of hydrogen-bond acceptors (Lipinski definition) is 4. The number of ether oxygens (including phenoxy) is 1. The third-order valence-corrected chi connectivity index (χ3v) is 13.9. The van der Waals surface area contributed by atoms with Gasteiger partial charge in [0.2, 0.25) is 0 Å². The van der Waals surface area contributed by atoms with E-state index >= 15 is 0 Å². The third-order valence-electron chi connectivity index (χ3n) is 4.09. The van der Waals surface area contributed by atoms with E-state index in [2.05, 4.69) is 52.8 Å². The lowest BCUT2D eigenvalue weighted by atomic mass is 9.97. The summed E-state index contributed by atoms with van der Waals surface area (Å²) in [6, 6.07) is 6.67. The summed E-state index contributed by atoms with van der Waals surface area (Å²) in [5.74, 6) is 0.159. The Bertz CT molecular complexity index is 704. The molecule has 1 atom stereocenters. The molecule has 1 aromatic carbocycles. The Balaban J connectivity index is 3.10. The maximum atomic E-state index is 11.0. The Hall–Kier alpha value is -1.20. The molecule has 1 unspecified atom stereocenters. The van der Waals surface area contributed by atoms with E-state index in [1.165, 1.54) is 6.08 Å². The van der Waals surface area contributed by atoms with Crippen LogP contribution in [0.5, 0.6) is 5.75 Å². The van der Waals surface area contributed by atoms with Crippen molar-refractivity contribution in [2.24, 2.45) is 5.92 Å². The number of methoxy groups -OCH3 is 1. The third kappa shape index (κ3) is 10.4. The van der Waals surface area contributed by atoms with Crippen molar-refractivity contribution >= 4 is 37.2 Å². The molecule has 0 saturated heterocycles. The molecule has 0 aliphatic heterocycles. The zero-order valence-electron chi connectivity index (χ0n) is 19.5. The maximum Gasteiger partial charge on any atom is 0.328 e. The van der Waals surface area contributed by atoms with Crippen LogP contribution >= 0.6 is 0 Å². The van der Waals surface area contributed by atoms with Gasteiger partial charge in [0.05, 0.1) is 7.11 Å². The SMILES string of the molecule is COc1ccc(/C=C/C(=O)O)c(CC(C)C[Si](C)(O[Si](C)(C)C)O[Si](C)(C)C)c1. The fourth-order valence-corrected chi connectivity index (χ4v) is 16.7. The van der Waals surface area contributed by atoms with Crippen LogP contribution in [0.2, 0.25) is 51.9 Å². The molecule has 8 heteroatoms. The van der Waals surface area contributed by atoms with Crippen molar-refractivity contribution in [2.45, 2.75) is 65.2 Å². The Labute approximate surface area is 179 Å². The van der Waals surface area contributed by atoms with E-state index in [1.54, 1.807) is 13.2 Å². The number of carboxylic acids is 1. The van der Waals surface area contributed by atoms with E-state index in [1.807, 2.05) is 18.2 Å². The van der Waals surface area contributed by atoms with Crippen LogP contribution in [0.1, 0.15) is 18.1 Å². The number of rotatable bonds is 11. The molecule has 0 radical (unpaired) electrons. The van der Waals surface area contributed by atoms with Crippen molar-refractivity contribution in [2.75, 3.05) is 7.11 Å². The molecule has 1 rings (SSSR count). The monoisotopic (exact) mass is 454 g/mol. The van der Waals surface area contributed by atoms with E-state index in [0.29, 0.717) is 5.92 Å². The highest BCUT2D eigenvalue weighted by Crippen LogP contribution is 2.30. The van der Waals surface area contributed by atoms with E-state index in [4.69, 9.17) is 18.1 Å². The molecular formula is C21H38O5Si3. The van der Waals surface area contributed by atoms with Gasteiger partial charge in [0.1, 0.15) is 5.75 Å². The molecule has 1 N–H and O–H groups in total. The normalized spacial score (nSPS) is 14.2. The first-order chi connectivity index (χ1) is 13.1. The minimum atomic E-state index is -2.33. The molecule has 29 heavy (non-hydrogen) atoms. The Morgan fingerprint density at radius 2 is 1.62 bits per heavy atom. The van der Waals surface area contributed by atoms with Gasteiger partial charge in [-0.05, 0) is 93.5 Å². The highest BCUT2D eigenvalue weighted by molar-refractivity contribution is 6.87. The van der Waals surface area contributed by atoms with Crippen LogP contribution in [-0.4, -0.2) is 43.4 Å². The predicted octanol–water partition coefficient (Wildman–Crippen LogP) is 5.75. The van der Waals surface area contributed by atoms with Gasteiger partial charge in [0.25, 0.3) is 0 Å². The number of hydrogen-bond donors (Lipinski definition) is 1. The van der Waals surface area contributed by atoms with Gasteiger partial charge in [0, 0.05) is 6.08 Å². The molecule has 0 aliphatic rings. The number of carboxylic acid groups (broad SMARTS) is 1. The maximum absolute atomic E-state index is 11.0. The van der Waals surface area contributed by atoms with Gasteiger partial charge >= 0.3 is 14.5 Å². The highest BCUT2D eigenvalue weighted by Gasteiger charge is 2.41. The van der Waals surface area contributed by atoms with Crippen LogP contribution in [0.25, 0.3) is 6.08 Å². The summed E-state index contributed by atoms with van der Waals surface area (Å²) < 4.78 is 18.7.